The summed E-state index contributed by atoms with van der Waals surface area (Å²) in [5, 5.41) is 10.8. The molecule has 0 aliphatic heterocycles. The molecule has 0 unspecified atom stereocenters. The minimum absolute atomic E-state index is 0. The summed E-state index contributed by atoms with van der Waals surface area (Å²) < 4.78 is 5.39. The first-order valence-corrected chi connectivity index (χ1v) is 8.60. The van der Waals surface area contributed by atoms with Gasteiger partial charge in [0.25, 0.3) is 0 Å². The third kappa shape index (κ3) is 8.04. The third-order valence-electron chi connectivity index (χ3n) is 3.60. The lowest BCUT2D eigenvalue weighted by Gasteiger charge is -2.12. The molecule has 0 aliphatic carbocycles. The Bertz CT molecular complexity index is 436. The molecule has 0 atom stereocenters. The summed E-state index contributed by atoms with van der Waals surface area (Å²) in [6.45, 7) is 13.2. The molecule has 0 aromatic carbocycles. The number of hydrogen-bond donors (Lipinski definition) is 2. The van der Waals surface area contributed by atoms with Crippen molar-refractivity contribution in [2.24, 2.45) is 10.9 Å². The van der Waals surface area contributed by atoms with Gasteiger partial charge in [-0.3, -0.25) is 0 Å². The second-order valence-electron chi connectivity index (χ2n) is 5.90. The standard InChI is InChI=1S/C17H32N4O.HI/c1-6-15-14(16(7-2)22-21-15)12-20-17(18-8-3)19-11-9-10-13(4)5;/h13H,6-12H2,1-5H3,(H2,18,19,20);1H. The van der Waals surface area contributed by atoms with Crippen LogP contribution in [0.1, 0.15) is 64.5 Å². The predicted octanol–water partition coefficient (Wildman–Crippen LogP) is 3.91. The van der Waals surface area contributed by atoms with E-state index in [-0.39, 0.29) is 24.0 Å². The molecule has 0 radical (unpaired) electrons. The highest BCUT2D eigenvalue weighted by molar-refractivity contribution is 14.0. The lowest BCUT2D eigenvalue weighted by atomic mass is 10.1. The van der Waals surface area contributed by atoms with E-state index >= 15 is 0 Å². The summed E-state index contributed by atoms with van der Waals surface area (Å²) in [6, 6.07) is 0. The van der Waals surface area contributed by atoms with Crippen LogP contribution in [0.25, 0.3) is 0 Å². The maximum atomic E-state index is 5.39. The van der Waals surface area contributed by atoms with E-state index in [1.165, 1.54) is 6.42 Å². The summed E-state index contributed by atoms with van der Waals surface area (Å²) in [5.41, 5.74) is 2.17. The SMILES string of the molecule is CCNC(=NCc1c(CC)noc1CC)NCCCC(C)C.I. The number of aryl methyl sites for hydroxylation is 2. The van der Waals surface area contributed by atoms with Crippen LogP contribution in [-0.2, 0) is 19.4 Å². The van der Waals surface area contributed by atoms with Gasteiger partial charge in [-0.05, 0) is 32.1 Å². The zero-order valence-electron chi connectivity index (χ0n) is 15.2. The average Bonchev–Trinajstić information content (AvgIpc) is 2.90. The molecule has 0 spiro atoms. The zero-order chi connectivity index (χ0) is 16.4. The summed E-state index contributed by atoms with van der Waals surface area (Å²) in [6.07, 6.45) is 4.14. The van der Waals surface area contributed by atoms with Crippen molar-refractivity contribution >= 4 is 29.9 Å². The number of nitrogens with zero attached hydrogens (tertiary/aromatic N) is 2. The molecular formula is C17H33IN4O. The Kier molecular flexibility index (Phi) is 12.2. The Morgan fingerprint density at radius 3 is 2.48 bits per heavy atom. The van der Waals surface area contributed by atoms with Crippen molar-refractivity contribution in [2.45, 2.75) is 66.8 Å². The van der Waals surface area contributed by atoms with Gasteiger partial charge in [0.2, 0.25) is 0 Å². The van der Waals surface area contributed by atoms with Gasteiger partial charge in [-0.15, -0.1) is 24.0 Å². The van der Waals surface area contributed by atoms with Gasteiger partial charge in [0.15, 0.2) is 5.96 Å². The van der Waals surface area contributed by atoms with E-state index < -0.39 is 0 Å². The monoisotopic (exact) mass is 436 g/mol. The average molecular weight is 436 g/mol. The van der Waals surface area contributed by atoms with Gasteiger partial charge in [0, 0.05) is 25.1 Å². The van der Waals surface area contributed by atoms with Gasteiger partial charge in [-0.1, -0.05) is 32.9 Å². The normalized spacial score (nSPS) is 11.5. The molecule has 1 aromatic rings. The van der Waals surface area contributed by atoms with Crippen LogP contribution in [-0.4, -0.2) is 24.2 Å². The van der Waals surface area contributed by atoms with Crippen LogP contribution in [0.4, 0.5) is 0 Å². The molecule has 5 nitrogen and oxygen atoms in total. The molecule has 2 N–H and O–H groups in total. The molecule has 0 bridgehead atoms. The molecule has 23 heavy (non-hydrogen) atoms. The maximum Gasteiger partial charge on any atom is 0.191 e. The van der Waals surface area contributed by atoms with Crippen molar-refractivity contribution in [1.82, 2.24) is 15.8 Å². The molecule has 0 aliphatic rings. The lowest BCUT2D eigenvalue weighted by Crippen LogP contribution is -2.37. The molecule has 1 heterocycles. The van der Waals surface area contributed by atoms with Gasteiger partial charge < -0.3 is 15.2 Å². The van der Waals surface area contributed by atoms with Crippen LogP contribution in [0.5, 0.6) is 0 Å². The highest BCUT2D eigenvalue weighted by Gasteiger charge is 2.12. The fraction of sp³-hybridized carbons (Fsp3) is 0.765. The minimum Gasteiger partial charge on any atom is -0.361 e. The predicted molar refractivity (Wildman–Crippen MR) is 108 cm³/mol. The largest absolute Gasteiger partial charge is 0.361 e. The van der Waals surface area contributed by atoms with Crippen molar-refractivity contribution in [1.29, 1.82) is 0 Å². The van der Waals surface area contributed by atoms with Crippen LogP contribution in [0.15, 0.2) is 9.52 Å². The van der Waals surface area contributed by atoms with Gasteiger partial charge in [-0.2, -0.15) is 0 Å². The van der Waals surface area contributed by atoms with Crippen molar-refractivity contribution < 1.29 is 4.52 Å². The Hall–Kier alpha value is -0.790. The fourth-order valence-electron chi connectivity index (χ4n) is 2.33. The topological polar surface area (TPSA) is 62.5 Å². The first-order valence-electron chi connectivity index (χ1n) is 8.60. The molecular weight excluding hydrogens is 403 g/mol. The van der Waals surface area contributed by atoms with E-state index in [0.29, 0.717) is 6.54 Å². The second-order valence-corrected chi connectivity index (χ2v) is 5.90. The number of guanidine groups is 1. The van der Waals surface area contributed by atoms with Crippen molar-refractivity contribution in [3.63, 3.8) is 0 Å². The highest BCUT2D eigenvalue weighted by Crippen LogP contribution is 2.16. The summed E-state index contributed by atoms with van der Waals surface area (Å²) in [5.74, 6) is 2.57. The van der Waals surface area contributed by atoms with Crippen LogP contribution in [0, 0.1) is 5.92 Å². The number of halogens is 1. The Morgan fingerprint density at radius 2 is 1.91 bits per heavy atom. The smallest absolute Gasteiger partial charge is 0.191 e. The summed E-state index contributed by atoms with van der Waals surface area (Å²) >= 11 is 0. The molecule has 1 rings (SSSR count). The van der Waals surface area contributed by atoms with Gasteiger partial charge in [-0.25, -0.2) is 4.99 Å². The summed E-state index contributed by atoms with van der Waals surface area (Å²) in [4.78, 5) is 4.68. The number of hydrogen-bond acceptors (Lipinski definition) is 3. The second kappa shape index (κ2) is 12.6. The Morgan fingerprint density at radius 1 is 1.17 bits per heavy atom. The Labute approximate surface area is 158 Å². The van der Waals surface area contributed by atoms with E-state index in [0.717, 1.165) is 61.2 Å². The van der Waals surface area contributed by atoms with E-state index in [4.69, 9.17) is 4.52 Å². The molecule has 0 amide bonds. The molecule has 0 saturated carbocycles. The van der Waals surface area contributed by atoms with Crippen LogP contribution in [0.3, 0.4) is 0 Å². The van der Waals surface area contributed by atoms with Gasteiger partial charge >= 0.3 is 0 Å². The van der Waals surface area contributed by atoms with E-state index in [2.05, 4.69) is 55.4 Å². The van der Waals surface area contributed by atoms with E-state index in [1.54, 1.807) is 0 Å². The van der Waals surface area contributed by atoms with E-state index in [9.17, 15) is 0 Å². The highest BCUT2D eigenvalue weighted by atomic mass is 127. The molecule has 6 heteroatoms. The fourth-order valence-corrected chi connectivity index (χ4v) is 2.33. The van der Waals surface area contributed by atoms with Crippen molar-refractivity contribution in [3.05, 3.63) is 17.0 Å². The number of nitrogens with one attached hydrogen (secondary N) is 2. The molecule has 1 aromatic heterocycles. The quantitative estimate of drug-likeness (QED) is 0.267. The number of aliphatic imine (C=N–C) groups is 1. The summed E-state index contributed by atoms with van der Waals surface area (Å²) in [7, 11) is 0. The first-order chi connectivity index (χ1) is 10.6. The van der Waals surface area contributed by atoms with Crippen molar-refractivity contribution in [2.75, 3.05) is 13.1 Å². The molecule has 0 saturated heterocycles. The molecule has 0 fully saturated rings. The lowest BCUT2D eigenvalue weighted by molar-refractivity contribution is 0.380. The zero-order valence-corrected chi connectivity index (χ0v) is 17.6. The number of aromatic nitrogens is 1. The van der Waals surface area contributed by atoms with Crippen LogP contribution < -0.4 is 10.6 Å². The molecule has 134 valence electrons. The van der Waals surface area contributed by atoms with Gasteiger partial charge in [0.05, 0.1) is 12.2 Å². The Balaban J connectivity index is 0.00000484. The van der Waals surface area contributed by atoms with Crippen molar-refractivity contribution in [3.8, 4) is 0 Å². The van der Waals surface area contributed by atoms with Gasteiger partial charge in [0.1, 0.15) is 5.76 Å². The van der Waals surface area contributed by atoms with E-state index in [1.807, 2.05) is 0 Å². The number of rotatable bonds is 9. The van der Waals surface area contributed by atoms with Crippen LogP contribution in [0.2, 0.25) is 0 Å². The third-order valence-corrected chi connectivity index (χ3v) is 3.60. The minimum atomic E-state index is 0. The first kappa shape index (κ1) is 22.2. The maximum absolute atomic E-state index is 5.39. The van der Waals surface area contributed by atoms with Crippen LogP contribution >= 0.6 is 24.0 Å².